The lowest BCUT2D eigenvalue weighted by Gasteiger charge is -2.27. The van der Waals surface area contributed by atoms with Crippen molar-refractivity contribution < 1.29 is 4.79 Å². The Labute approximate surface area is 107 Å². The molecule has 0 saturated carbocycles. The summed E-state index contributed by atoms with van der Waals surface area (Å²) in [5.41, 5.74) is 0. The molecule has 0 radical (unpaired) electrons. The van der Waals surface area contributed by atoms with Crippen LogP contribution in [0, 0.1) is 0 Å². The van der Waals surface area contributed by atoms with Crippen LogP contribution in [0.25, 0.3) is 0 Å². The van der Waals surface area contributed by atoms with Gasteiger partial charge in [-0.3, -0.25) is 9.89 Å². The predicted molar refractivity (Wildman–Crippen MR) is 68.4 cm³/mol. The van der Waals surface area contributed by atoms with Crippen molar-refractivity contribution in [2.24, 2.45) is 0 Å². The molecule has 0 spiro atoms. The van der Waals surface area contributed by atoms with Gasteiger partial charge in [0.1, 0.15) is 5.82 Å². The standard InChI is InChI=1S/C12H21N5O/c1-3-10-14-11(16-15-10)12(18)17(2)8-9-6-4-5-7-13-9/h9,13H,3-8H2,1-2H3,(H,14,15,16). The first kappa shape index (κ1) is 13.0. The number of rotatable bonds is 4. The lowest BCUT2D eigenvalue weighted by molar-refractivity contribution is 0.0763. The molecular weight excluding hydrogens is 230 g/mol. The first-order valence-corrected chi connectivity index (χ1v) is 6.60. The fourth-order valence-electron chi connectivity index (χ4n) is 2.21. The minimum atomic E-state index is -0.113. The summed E-state index contributed by atoms with van der Waals surface area (Å²) >= 11 is 0. The van der Waals surface area contributed by atoms with Gasteiger partial charge in [-0.25, -0.2) is 4.98 Å². The molecule has 1 fully saturated rings. The van der Waals surface area contributed by atoms with Crippen LogP contribution >= 0.6 is 0 Å². The molecule has 1 aromatic heterocycles. The van der Waals surface area contributed by atoms with Gasteiger partial charge in [0.2, 0.25) is 5.82 Å². The summed E-state index contributed by atoms with van der Waals surface area (Å²) < 4.78 is 0. The topological polar surface area (TPSA) is 73.9 Å². The number of hydrogen-bond acceptors (Lipinski definition) is 4. The van der Waals surface area contributed by atoms with Crippen molar-refractivity contribution in [2.45, 2.75) is 38.6 Å². The van der Waals surface area contributed by atoms with Crippen molar-refractivity contribution >= 4 is 5.91 Å². The van der Waals surface area contributed by atoms with E-state index in [1.165, 1.54) is 12.8 Å². The van der Waals surface area contributed by atoms with E-state index in [2.05, 4.69) is 20.5 Å². The van der Waals surface area contributed by atoms with E-state index in [9.17, 15) is 4.79 Å². The molecule has 2 heterocycles. The van der Waals surface area contributed by atoms with E-state index in [1.807, 2.05) is 6.92 Å². The first-order valence-electron chi connectivity index (χ1n) is 6.60. The van der Waals surface area contributed by atoms with Gasteiger partial charge in [-0.1, -0.05) is 13.3 Å². The van der Waals surface area contributed by atoms with E-state index < -0.39 is 0 Å². The summed E-state index contributed by atoms with van der Waals surface area (Å²) in [5.74, 6) is 0.908. The van der Waals surface area contributed by atoms with Crippen LogP contribution in [0.1, 0.15) is 42.6 Å². The molecular formula is C12H21N5O. The van der Waals surface area contributed by atoms with E-state index in [4.69, 9.17) is 0 Å². The highest BCUT2D eigenvalue weighted by atomic mass is 16.2. The Bertz CT molecular complexity index is 397. The number of aryl methyl sites for hydroxylation is 1. The zero-order valence-electron chi connectivity index (χ0n) is 11.1. The van der Waals surface area contributed by atoms with Gasteiger partial charge >= 0.3 is 0 Å². The van der Waals surface area contributed by atoms with Gasteiger partial charge in [0, 0.05) is 26.1 Å². The molecule has 2 N–H and O–H groups in total. The first-order chi connectivity index (χ1) is 8.70. The summed E-state index contributed by atoms with van der Waals surface area (Å²) in [5, 5.41) is 10.2. The molecule has 100 valence electrons. The van der Waals surface area contributed by atoms with Crippen molar-refractivity contribution in [3.8, 4) is 0 Å². The minimum Gasteiger partial charge on any atom is -0.337 e. The minimum absolute atomic E-state index is 0.113. The zero-order chi connectivity index (χ0) is 13.0. The highest BCUT2D eigenvalue weighted by Crippen LogP contribution is 2.09. The van der Waals surface area contributed by atoms with E-state index in [0.717, 1.165) is 31.8 Å². The van der Waals surface area contributed by atoms with Crippen LogP contribution in [-0.2, 0) is 6.42 Å². The summed E-state index contributed by atoms with van der Waals surface area (Å²) in [4.78, 5) is 18.0. The number of amides is 1. The van der Waals surface area contributed by atoms with E-state index in [1.54, 1.807) is 11.9 Å². The van der Waals surface area contributed by atoms with Crippen molar-refractivity contribution in [3.05, 3.63) is 11.6 Å². The van der Waals surface area contributed by atoms with Crippen LogP contribution in [0.2, 0.25) is 0 Å². The Kier molecular flexibility index (Phi) is 4.30. The normalized spacial score (nSPS) is 19.8. The average Bonchev–Trinajstić information content (AvgIpc) is 2.87. The van der Waals surface area contributed by atoms with E-state index in [-0.39, 0.29) is 11.7 Å². The van der Waals surface area contributed by atoms with Crippen molar-refractivity contribution in [3.63, 3.8) is 0 Å². The molecule has 1 aliphatic heterocycles. The number of carbonyl (C=O) groups excluding carboxylic acids is 1. The lowest BCUT2D eigenvalue weighted by atomic mass is 10.0. The number of nitrogens with one attached hydrogen (secondary N) is 2. The van der Waals surface area contributed by atoms with Crippen molar-refractivity contribution in [1.29, 1.82) is 0 Å². The second-order valence-electron chi connectivity index (χ2n) is 4.79. The van der Waals surface area contributed by atoms with Crippen LogP contribution in [0.4, 0.5) is 0 Å². The second kappa shape index (κ2) is 5.95. The number of aromatic nitrogens is 3. The van der Waals surface area contributed by atoms with Gasteiger partial charge in [0.05, 0.1) is 0 Å². The molecule has 1 unspecified atom stereocenters. The third kappa shape index (κ3) is 3.07. The number of hydrogen-bond donors (Lipinski definition) is 2. The van der Waals surface area contributed by atoms with Gasteiger partial charge in [0.25, 0.3) is 5.91 Å². The van der Waals surface area contributed by atoms with Crippen LogP contribution in [-0.4, -0.2) is 52.2 Å². The molecule has 6 heteroatoms. The number of H-pyrrole nitrogens is 1. The van der Waals surface area contributed by atoms with Gasteiger partial charge in [0.15, 0.2) is 0 Å². The molecule has 1 atom stereocenters. The number of piperidine rings is 1. The molecule has 2 rings (SSSR count). The second-order valence-corrected chi connectivity index (χ2v) is 4.79. The van der Waals surface area contributed by atoms with Gasteiger partial charge in [-0.15, -0.1) is 5.10 Å². The Morgan fingerprint density at radius 3 is 2.94 bits per heavy atom. The SMILES string of the molecule is CCc1nc(C(=O)N(C)CC2CCCCN2)n[nH]1. The summed E-state index contributed by atoms with van der Waals surface area (Å²) in [6, 6.07) is 0.400. The van der Waals surface area contributed by atoms with Crippen molar-refractivity contribution in [2.75, 3.05) is 20.1 Å². The Morgan fingerprint density at radius 2 is 2.33 bits per heavy atom. The number of carbonyl (C=O) groups is 1. The number of aromatic amines is 1. The summed E-state index contributed by atoms with van der Waals surface area (Å²) in [7, 11) is 1.81. The smallest absolute Gasteiger partial charge is 0.293 e. The maximum absolute atomic E-state index is 12.1. The monoisotopic (exact) mass is 251 g/mol. The summed E-state index contributed by atoms with van der Waals surface area (Å²) in [6.07, 6.45) is 4.36. The fourth-order valence-corrected chi connectivity index (χ4v) is 2.21. The summed E-state index contributed by atoms with van der Waals surface area (Å²) in [6.45, 7) is 3.74. The molecule has 1 aliphatic rings. The molecule has 1 amide bonds. The third-order valence-corrected chi connectivity index (χ3v) is 3.31. The average molecular weight is 251 g/mol. The largest absolute Gasteiger partial charge is 0.337 e. The highest BCUT2D eigenvalue weighted by molar-refractivity contribution is 5.90. The molecule has 1 aromatic rings. The Hall–Kier alpha value is -1.43. The molecule has 0 aliphatic carbocycles. The maximum atomic E-state index is 12.1. The van der Waals surface area contributed by atoms with E-state index in [0.29, 0.717) is 6.04 Å². The Balaban J connectivity index is 1.91. The quantitative estimate of drug-likeness (QED) is 0.821. The van der Waals surface area contributed by atoms with Gasteiger partial charge < -0.3 is 10.2 Å². The molecule has 1 saturated heterocycles. The van der Waals surface area contributed by atoms with E-state index >= 15 is 0 Å². The fraction of sp³-hybridized carbons (Fsp3) is 0.750. The van der Waals surface area contributed by atoms with Crippen LogP contribution in [0.5, 0.6) is 0 Å². The zero-order valence-corrected chi connectivity index (χ0v) is 11.1. The maximum Gasteiger partial charge on any atom is 0.293 e. The molecule has 6 nitrogen and oxygen atoms in total. The van der Waals surface area contributed by atoms with Crippen LogP contribution in [0.3, 0.4) is 0 Å². The lowest BCUT2D eigenvalue weighted by Crippen LogP contribution is -2.44. The molecule has 18 heavy (non-hydrogen) atoms. The third-order valence-electron chi connectivity index (χ3n) is 3.31. The van der Waals surface area contributed by atoms with Gasteiger partial charge in [-0.2, -0.15) is 0 Å². The van der Waals surface area contributed by atoms with Crippen molar-refractivity contribution in [1.82, 2.24) is 25.4 Å². The van der Waals surface area contributed by atoms with Crippen LogP contribution in [0.15, 0.2) is 0 Å². The molecule has 0 bridgehead atoms. The Morgan fingerprint density at radius 1 is 1.50 bits per heavy atom. The molecule has 0 aromatic carbocycles. The number of likely N-dealkylation sites (N-methyl/N-ethyl adjacent to an activating group) is 1. The highest BCUT2D eigenvalue weighted by Gasteiger charge is 2.21. The van der Waals surface area contributed by atoms with Crippen LogP contribution < -0.4 is 5.32 Å². The van der Waals surface area contributed by atoms with Gasteiger partial charge in [-0.05, 0) is 19.4 Å². The predicted octanol–water partition coefficient (Wildman–Crippen LogP) is 0.581. The number of nitrogens with zero attached hydrogens (tertiary/aromatic N) is 3.